The van der Waals surface area contributed by atoms with E-state index in [1.807, 2.05) is 18.2 Å². The summed E-state index contributed by atoms with van der Waals surface area (Å²) in [7, 11) is -0.00628. The van der Waals surface area contributed by atoms with Crippen LogP contribution in [0.4, 0.5) is 0 Å². The lowest BCUT2D eigenvalue weighted by Gasteiger charge is -2.35. The Morgan fingerprint density at radius 1 is 1.21 bits per heavy atom. The summed E-state index contributed by atoms with van der Waals surface area (Å²) < 4.78 is 36.6. The smallest absolute Gasteiger partial charge is 0.220 e. The summed E-state index contributed by atoms with van der Waals surface area (Å²) in [6, 6.07) is 9.66. The molecule has 1 N–H and O–H groups in total. The summed E-state index contributed by atoms with van der Waals surface area (Å²) in [5.74, 6) is 0.609. The molecule has 3 rings (SSSR count). The Balaban J connectivity index is 1.55. The molecule has 1 aromatic heterocycles. The van der Waals surface area contributed by atoms with Crippen molar-refractivity contribution in [2.24, 2.45) is 4.99 Å². The predicted molar refractivity (Wildman–Crippen MR) is 110 cm³/mol. The molecule has 158 valence electrons. The van der Waals surface area contributed by atoms with Crippen LogP contribution in [0.2, 0.25) is 0 Å². The van der Waals surface area contributed by atoms with E-state index in [-0.39, 0.29) is 5.75 Å². The van der Waals surface area contributed by atoms with Crippen molar-refractivity contribution < 1.29 is 17.7 Å². The molecule has 0 amide bonds. The Hall–Kier alpha value is -2.43. The zero-order chi connectivity index (χ0) is 20.7. The maximum atomic E-state index is 12.6. The van der Waals surface area contributed by atoms with Crippen LogP contribution in [0.25, 0.3) is 0 Å². The van der Waals surface area contributed by atoms with Crippen LogP contribution in [0.15, 0.2) is 46.1 Å². The second kappa shape index (κ2) is 9.86. The molecular formula is C19H27N5O4S. The highest BCUT2D eigenvalue weighted by Gasteiger charge is 2.29. The van der Waals surface area contributed by atoms with Gasteiger partial charge < -0.3 is 19.5 Å². The van der Waals surface area contributed by atoms with Gasteiger partial charge in [0, 0.05) is 52.9 Å². The van der Waals surface area contributed by atoms with Crippen molar-refractivity contribution in [2.75, 3.05) is 40.3 Å². The van der Waals surface area contributed by atoms with E-state index in [1.54, 1.807) is 20.2 Å². The number of sulfonamides is 1. The van der Waals surface area contributed by atoms with E-state index in [9.17, 15) is 8.42 Å². The fourth-order valence-corrected chi connectivity index (χ4v) is 4.73. The molecule has 0 radical (unpaired) electrons. The van der Waals surface area contributed by atoms with Gasteiger partial charge in [0.25, 0.3) is 0 Å². The quantitative estimate of drug-likeness (QED) is 0.527. The van der Waals surface area contributed by atoms with Crippen LogP contribution in [-0.4, -0.2) is 69.1 Å². The minimum absolute atomic E-state index is 0.146. The van der Waals surface area contributed by atoms with Gasteiger partial charge in [0.15, 0.2) is 5.96 Å². The SMILES string of the molecule is CN=C(NCc1ccccc1COC)N1CCN(S(=O)(=O)Cc2ccon2)CC1. The first kappa shape index (κ1) is 21.3. The standard InChI is InChI=1S/C19H27N5O4S/c1-20-19(21-13-16-5-3-4-6-17(16)14-27-2)23-8-10-24(11-9-23)29(25,26)15-18-7-12-28-22-18/h3-7,12H,8-11,13-15H2,1-2H3,(H,20,21). The first-order valence-electron chi connectivity index (χ1n) is 9.42. The van der Waals surface area contributed by atoms with E-state index >= 15 is 0 Å². The largest absolute Gasteiger partial charge is 0.380 e. The van der Waals surface area contributed by atoms with Gasteiger partial charge in [0.05, 0.1) is 12.3 Å². The molecule has 0 aliphatic carbocycles. The van der Waals surface area contributed by atoms with E-state index in [4.69, 9.17) is 9.26 Å². The average molecular weight is 422 g/mol. The Morgan fingerprint density at radius 3 is 2.55 bits per heavy atom. The molecule has 1 saturated heterocycles. The summed E-state index contributed by atoms with van der Waals surface area (Å²) >= 11 is 0. The van der Waals surface area contributed by atoms with Crippen LogP contribution < -0.4 is 5.32 Å². The van der Waals surface area contributed by atoms with Crippen LogP contribution in [0, 0.1) is 0 Å². The lowest BCUT2D eigenvalue weighted by molar-refractivity contribution is 0.184. The number of hydrogen-bond acceptors (Lipinski definition) is 6. The third kappa shape index (κ3) is 5.55. The van der Waals surface area contributed by atoms with Crippen LogP contribution in [-0.2, 0) is 33.7 Å². The normalized spacial score (nSPS) is 16.2. The molecule has 0 bridgehead atoms. The summed E-state index contributed by atoms with van der Waals surface area (Å²) in [6.45, 7) is 3.12. The van der Waals surface area contributed by atoms with Crippen molar-refractivity contribution in [2.45, 2.75) is 18.9 Å². The van der Waals surface area contributed by atoms with Crippen LogP contribution in [0.5, 0.6) is 0 Å². The van der Waals surface area contributed by atoms with Crippen molar-refractivity contribution in [3.05, 3.63) is 53.4 Å². The molecule has 0 spiro atoms. The van der Waals surface area contributed by atoms with Gasteiger partial charge in [-0.15, -0.1) is 0 Å². The fraction of sp³-hybridized carbons (Fsp3) is 0.474. The lowest BCUT2D eigenvalue weighted by Crippen LogP contribution is -2.53. The number of methoxy groups -OCH3 is 1. The Kier molecular flexibility index (Phi) is 7.24. The molecule has 29 heavy (non-hydrogen) atoms. The van der Waals surface area contributed by atoms with Crippen molar-refractivity contribution in [1.82, 2.24) is 19.7 Å². The predicted octanol–water partition coefficient (Wildman–Crippen LogP) is 1.04. The van der Waals surface area contributed by atoms with Crippen LogP contribution in [0.3, 0.4) is 0 Å². The van der Waals surface area contributed by atoms with Crippen molar-refractivity contribution in [3.8, 4) is 0 Å². The molecule has 0 unspecified atom stereocenters. The number of nitrogens with zero attached hydrogens (tertiary/aromatic N) is 4. The van der Waals surface area contributed by atoms with E-state index in [2.05, 4.69) is 26.4 Å². The van der Waals surface area contributed by atoms with Gasteiger partial charge in [-0.2, -0.15) is 4.31 Å². The van der Waals surface area contributed by atoms with Gasteiger partial charge in [-0.1, -0.05) is 29.4 Å². The Morgan fingerprint density at radius 2 is 1.93 bits per heavy atom. The van der Waals surface area contributed by atoms with Crippen molar-refractivity contribution >= 4 is 16.0 Å². The van der Waals surface area contributed by atoms with Crippen molar-refractivity contribution in [3.63, 3.8) is 0 Å². The number of ether oxygens (including phenoxy) is 1. The number of hydrogen-bond donors (Lipinski definition) is 1. The van der Waals surface area contributed by atoms with Gasteiger partial charge in [0.1, 0.15) is 12.0 Å². The first-order valence-corrected chi connectivity index (χ1v) is 11.0. The molecule has 1 fully saturated rings. The maximum absolute atomic E-state index is 12.6. The third-order valence-electron chi connectivity index (χ3n) is 4.82. The van der Waals surface area contributed by atoms with Gasteiger partial charge in [-0.25, -0.2) is 8.42 Å². The summed E-state index contributed by atoms with van der Waals surface area (Å²) in [5, 5.41) is 7.07. The Bertz CT molecular complexity index is 906. The molecule has 2 aromatic rings. The van der Waals surface area contributed by atoms with E-state index in [0.717, 1.165) is 17.1 Å². The second-order valence-corrected chi connectivity index (χ2v) is 8.70. The monoisotopic (exact) mass is 421 g/mol. The van der Waals surface area contributed by atoms with E-state index in [1.165, 1.54) is 10.6 Å². The molecule has 2 heterocycles. The lowest BCUT2D eigenvalue weighted by atomic mass is 10.1. The summed E-state index contributed by atoms with van der Waals surface area (Å²) in [6.07, 6.45) is 1.38. The number of aromatic nitrogens is 1. The summed E-state index contributed by atoms with van der Waals surface area (Å²) in [4.78, 5) is 6.43. The number of nitrogens with one attached hydrogen (secondary N) is 1. The van der Waals surface area contributed by atoms with Gasteiger partial charge in [0.2, 0.25) is 10.0 Å². The van der Waals surface area contributed by atoms with Crippen LogP contribution in [0.1, 0.15) is 16.8 Å². The first-order chi connectivity index (χ1) is 14.0. The highest BCUT2D eigenvalue weighted by molar-refractivity contribution is 7.88. The number of piperazine rings is 1. The number of aliphatic imine (C=N–C) groups is 1. The molecule has 1 aromatic carbocycles. The summed E-state index contributed by atoms with van der Waals surface area (Å²) in [5.41, 5.74) is 2.69. The topological polar surface area (TPSA) is 100 Å². The number of rotatable bonds is 7. The average Bonchev–Trinajstić information content (AvgIpc) is 3.22. The highest BCUT2D eigenvalue weighted by Crippen LogP contribution is 2.14. The Labute approximate surface area is 171 Å². The van der Waals surface area contributed by atoms with E-state index < -0.39 is 10.0 Å². The minimum atomic E-state index is -3.42. The fourth-order valence-electron chi connectivity index (χ4n) is 3.30. The molecule has 10 heteroatoms. The van der Waals surface area contributed by atoms with Crippen LogP contribution >= 0.6 is 0 Å². The van der Waals surface area contributed by atoms with Crippen molar-refractivity contribution in [1.29, 1.82) is 0 Å². The zero-order valence-electron chi connectivity index (χ0n) is 16.7. The molecular weight excluding hydrogens is 394 g/mol. The van der Waals surface area contributed by atoms with Gasteiger partial charge in [-0.05, 0) is 11.1 Å². The third-order valence-corrected chi connectivity index (χ3v) is 6.63. The molecule has 9 nitrogen and oxygen atoms in total. The zero-order valence-corrected chi connectivity index (χ0v) is 17.6. The van der Waals surface area contributed by atoms with Gasteiger partial charge in [-0.3, -0.25) is 4.99 Å². The highest BCUT2D eigenvalue weighted by atomic mass is 32.2. The molecule has 0 atom stereocenters. The minimum Gasteiger partial charge on any atom is -0.380 e. The number of guanidine groups is 1. The molecule has 1 aliphatic heterocycles. The second-order valence-electron chi connectivity index (χ2n) is 6.74. The van der Waals surface area contributed by atoms with Gasteiger partial charge >= 0.3 is 0 Å². The maximum Gasteiger partial charge on any atom is 0.220 e. The molecule has 1 aliphatic rings. The van der Waals surface area contributed by atoms with E-state index in [0.29, 0.717) is 45.0 Å². The number of benzene rings is 1. The molecule has 0 saturated carbocycles.